The van der Waals surface area contributed by atoms with Crippen LogP contribution in [0.25, 0.3) is 0 Å². The third-order valence-electron chi connectivity index (χ3n) is 17.3. The highest BCUT2D eigenvalue weighted by molar-refractivity contribution is 7.47. The Hall–Kier alpha value is -1.94. The van der Waals surface area contributed by atoms with Crippen LogP contribution >= 0.6 is 15.6 Å². The Kier molecular flexibility index (Phi) is 63.7. The lowest BCUT2D eigenvalue weighted by Gasteiger charge is -2.21. The van der Waals surface area contributed by atoms with Crippen LogP contribution in [0.2, 0.25) is 0 Å². The van der Waals surface area contributed by atoms with Crippen molar-refractivity contribution in [3.63, 3.8) is 0 Å². The molecule has 17 nitrogen and oxygen atoms in total. The number of carbonyl (C=O) groups is 4. The minimum Gasteiger partial charge on any atom is -0.462 e. The number of carbonyl (C=O) groups excluding carboxylic acids is 4. The molecule has 0 bridgehead atoms. The van der Waals surface area contributed by atoms with Crippen molar-refractivity contribution in [2.75, 3.05) is 39.6 Å². The van der Waals surface area contributed by atoms with Gasteiger partial charge < -0.3 is 33.8 Å². The Balaban J connectivity index is 5.13. The van der Waals surface area contributed by atoms with Crippen molar-refractivity contribution >= 4 is 39.5 Å². The zero-order valence-corrected chi connectivity index (χ0v) is 61.6. The number of aliphatic hydroxyl groups is 1. The zero-order valence-electron chi connectivity index (χ0n) is 59.9. The first-order chi connectivity index (χ1) is 44.4. The molecular weight excluding hydrogens is 1210 g/mol. The van der Waals surface area contributed by atoms with Gasteiger partial charge in [-0.15, -0.1) is 0 Å². The molecule has 92 heavy (non-hydrogen) atoms. The molecule has 0 aromatic rings. The summed E-state index contributed by atoms with van der Waals surface area (Å²) in [4.78, 5) is 72.5. The van der Waals surface area contributed by atoms with Gasteiger partial charge in [-0.3, -0.25) is 37.3 Å². The fourth-order valence-electron chi connectivity index (χ4n) is 11.1. The predicted octanol–water partition coefficient (Wildman–Crippen LogP) is 21.2. The number of unbranched alkanes of at least 4 members (excludes halogenated alkanes) is 41. The summed E-state index contributed by atoms with van der Waals surface area (Å²) in [6.07, 6.45) is 51.8. The maximum atomic E-state index is 13.1. The Morgan fingerprint density at radius 3 is 0.826 bits per heavy atom. The van der Waals surface area contributed by atoms with E-state index in [1.54, 1.807) is 0 Å². The first-order valence-corrected chi connectivity index (χ1v) is 41.0. The number of esters is 4. The van der Waals surface area contributed by atoms with Crippen molar-refractivity contribution in [1.82, 2.24) is 0 Å². The van der Waals surface area contributed by atoms with E-state index in [2.05, 4.69) is 41.5 Å². The van der Waals surface area contributed by atoms with Crippen LogP contribution in [0.15, 0.2) is 0 Å². The quantitative estimate of drug-likeness (QED) is 0.0222. The van der Waals surface area contributed by atoms with Gasteiger partial charge in [0.1, 0.15) is 19.3 Å². The summed E-state index contributed by atoms with van der Waals surface area (Å²) < 4.78 is 68.2. The third-order valence-corrected chi connectivity index (χ3v) is 19.2. The summed E-state index contributed by atoms with van der Waals surface area (Å²) in [5.74, 6) is -0.651. The second kappa shape index (κ2) is 65.0. The van der Waals surface area contributed by atoms with Gasteiger partial charge >= 0.3 is 39.5 Å². The first-order valence-electron chi connectivity index (χ1n) is 38.0. The van der Waals surface area contributed by atoms with E-state index in [4.69, 9.17) is 37.0 Å². The van der Waals surface area contributed by atoms with Crippen molar-refractivity contribution in [2.24, 2.45) is 11.8 Å². The molecule has 0 aliphatic heterocycles. The van der Waals surface area contributed by atoms with E-state index >= 15 is 0 Å². The van der Waals surface area contributed by atoms with Crippen LogP contribution in [-0.2, 0) is 65.4 Å². The van der Waals surface area contributed by atoms with E-state index < -0.39 is 97.5 Å². The van der Waals surface area contributed by atoms with Gasteiger partial charge in [0.2, 0.25) is 0 Å². The summed E-state index contributed by atoms with van der Waals surface area (Å²) in [6, 6.07) is 0. The van der Waals surface area contributed by atoms with E-state index in [1.165, 1.54) is 180 Å². The van der Waals surface area contributed by atoms with Crippen LogP contribution in [0.3, 0.4) is 0 Å². The molecule has 0 aromatic carbocycles. The molecule has 0 aliphatic rings. The second-order valence-electron chi connectivity index (χ2n) is 27.1. The molecule has 546 valence electrons. The summed E-state index contributed by atoms with van der Waals surface area (Å²) in [5, 5.41) is 10.6. The van der Waals surface area contributed by atoms with Crippen molar-refractivity contribution in [1.29, 1.82) is 0 Å². The highest BCUT2D eigenvalue weighted by Gasteiger charge is 2.30. The summed E-state index contributed by atoms with van der Waals surface area (Å²) in [6.45, 7) is 9.46. The number of aliphatic hydroxyl groups excluding tert-OH is 1. The third kappa shape index (κ3) is 65.4. The summed E-state index contributed by atoms with van der Waals surface area (Å²) in [7, 11) is -9.90. The average Bonchev–Trinajstić information content (AvgIpc) is 1.62. The van der Waals surface area contributed by atoms with Crippen LogP contribution in [-0.4, -0.2) is 96.7 Å². The maximum Gasteiger partial charge on any atom is 0.472 e. The molecule has 0 aromatic heterocycles. The molecule has 0 saturated heterocycles. The number of phosphoric acid groups is 2. The van der Waals surface area contributed by atoms with Gasteiger partial charge in [-0.1, -0.05) is 324 Å². The molecular formula is C73H142O17P2. The number of hydrogen-bond donors (Lipinski definition) is 3. The predicted molar refractivity (Wildman–Crippen MR) is 372 cm³/mol. The molecule has 0 saturated carbocycles. The van der Waals surface area contributed by atoms with Gasteiger partial charge in [0.05, 0.1) is 26.4 Å². The Bertz CT molecular complexity index is 1790. The molecule has 3 unspecified atom stereocenters. The molecule has 0 heterocycles. The molecule has 0 aliphatic carbocycles. The molecule has 0 radical (unpaired) electrons. The van der Waals surface area contributed by atoms with E-state index in [0.29, 0.717) is 25.7 Å². The largest absolute Gasteiger partial charge is 0.472 e. The lowest BCUT2D eigenvalue weighted by atomic mass is 10.00. The molecule has 0 spiro atoms. The van der Waals surface area contributed by atoms with Crippen LogP contribution in [0.1, 0.15) is 375 Å². The molecule has 19 heteroatoms. The number of rotatable bonds is 72. The Morgan fingerprint density at radius 2 is 0.554 bits per heavy atom. The topological polar surface area (TPSA) is 237 Å². The lowest BCUT2D eigenvalue weighted by Crippen LogP contribution is -2.30. The smallest absolute Gasteiger partial charge is 0.462 e. The summed E-state index contributed by atoms with van der Waals surface area (Å²) >= 11 is 0. The fraction of sp³-hybridized carbons (Fsp3) is 0.945. The minimum absolute atomic E-state index is 0.103. The molecule has 0 amide bonds. The molecule has 0 rings (SSSR count). The fourth-order valence-corrected chi connectivity index (χ4v) is 12.7. The van der Waals surface area contributed by atoms with Crippen LogP contribution in [0.5, 0.6) is 0 Å². The Morgan fingerprint density at radius 1 is 0.315 bits per heavy atom. The number of ether oxygens (including phenoxy) is 4. The van der Waals surface area contributed by atoms with Crippen molar-refractivity contribution < 1.29 is 80.2 Å². The Labute approximate surface area is 562 Å². The van der Waals surface area contributed by atoms with Crippen molar-refractivity contribution in [3.05, 3.63) is 0 Å². The van der Waals surface area contributed by atoms with Crippen LogP contribution in [0.4, 0.5) is 0 Å². The summed E-state index contributed by atoms with van der Waals surface area (Å²) in [5.41, 5.74) is 0. The van der Waals surface area contributed by atoms with Gasteiger partial charge in [0.25, 0.3) is 0 Å². The number of hydrogen-bond acceptors (Lipinski definition) is 15. The van der Waals surface area contributed by atoms with E-state index in [-0.39, 0.29) is 25.7 Å². The number of phosphoric ester groups is 2. The maximum absolute atomic E-state index is 13.1. The lowest BCUT2D eigenvalue weighted by molar-refractivity contribution is -0.161. The molecule has 0 fully saturated rings. The van der Waals surface area contributed by atoms with E-state index in [1.807, 2.05) is 0 Å². The van der Waals surface area contributed by atoms with Crippen molar-refractivity contribution in [3.8, 4) is 0 Å². The van der Waals surface area contributed by atoms with Gasteiger partial charge in [0, 0.05) is 25.7 Å². The minimum atomic E-state index is -4.95. The van der Waals surface area contributed by atoms with Gasteiger partial charge in [-0.2, -0.15) is 0 Å². The standard InChI is InChI=1S/C73H142O17P2/c1-7-10-12-14-16-17-18-19-20-21-22-23-24-25-26-27-28-29-34-38-45-51-57-72(77)89-68(62-84-71(76)56-50-44-37-33-31-30-32-36-41-47-53-65(4)5)63-87-91(79,80)85-59-67(74)60-86-92(81,82)88-64-69(61-83-70(75)55-49-43-35-15-13-11-8-2)90-73(78)58-52-46-40-39-42-48-54-66(6)9-3/h65-69,74H,7-64H2,1-6H3,(H,79,80)(H,81,82)/t66?,67-,68-,69-/m1/s1. The van der Waals surface area contributed by atoms with E-state index in [9.17, 15) is 43.2 Å². The van der Waals surface area contributed by atoms with Crippen LogP contribution in [0, 0.1) is 11.8 Å². The molecule has 6 atom stereocenters. The second-order valence-corrected chi connectivity index (χ2v) is 30.0. The molecule has 3 N–H and O–H groups in total. The average molecular weight is 1350 g/mol. The highest BCUT2D eigenvalue weighted by atomic mass is 31.2. The van der Waals surface area contributed by atoms with Crippen LogP contribution < -0.4 is 0 Å². The monoisotopic (exact) mass is 1350 g/mol. The van der Waals surface area contributed by atoms with Gasteiger partial charge in [-0.05, 0) is 37.5 Å². The highest BCUT2D eigenvalue weighted by Crippen LogP contribution is 2.45. The van der Waals surface area contributed by atoms with Gasteiger partial charge in [0.15, 0.2) is 12.2 Å². The van der Waals surface area contributed by atoms with Gasteiger partial charge in [-0.25, -0.2) is 9.13 Å². The van der Waals surface area contributed by atoms with Crippen molar-refractivity contribution in [2.45, 2.75) is 394 Å². The zero-order chi connectivity index (χ0) is 67.9. The first kappa shape index (κ1) is 90.1. The normalized spacial score (nSPS) is 14.4. The SMILES string of the molecule is CCCCCCCCCCCCCCCCCCCCCCCCC(=O)O[C@H](COC(=O)CCCCCCCCCCCCC(C)C)COP(=O)(O)OC[C@@H](O)COP(=O)(O)OC[C@@H](COC(=O)CCCCCCCCC)OC(=O)CCCCCCCCC(C)CC. The van der Waals surface area contributed by atoms with E-state index in [0.717, 1.165) is 115 Å².